The summed E-state index contributed by atoms with van der Waals surface area (Å²) in [5, 5.41) is 0. The minimum absolute atomic E-state index is 0.0285. The Kier molecular flexibility index (Phi) is 7.41. The van der Waals surface area contributed by atoms with Crippen molar-refractivity contribution < 1.29 is 26.4 Å². The molecule has 0 radical (unpaired) electrons. The van der Waals surface area contributed by atoms with Gasteiger partial charge in [-0.25, -0.2) is 8.42 Å². The molecule has 4 rings (SSSR count). The largest absolute Gasteiger partial charge is 0.416 e. The lowest BCUT2D eigenvalue weighted by Gasteiger charge is -2.37. The number of alkyl halides is 3. The van der Waals surface area contributed by atoms with Crippen molar-refractivity contribution in [3.63, 3.8) is 0 Å². The maximum atomic E-state index is 13.3. The van der Waals surface area contributed by atoms with Crippen LogP contribution in [0.3, 0.4) is 0 Å². The molecule has 1 saturated heterocycles. The van der Waals surface area contributed by atoms with Gasteiger partial charge in [-0.15, -0.1) is 0 Å². The van der Waals surface area contributed by atoms with Gasteiger partial charge in [0.15, 0.2) is 9.84 Å². The molecule has 1 aromatic carbocycles. The molecule has 1 atom stereocenters. The SMILES string of the molecule is O=C(C1CCC(CS(=O)(=O)c2ccc(C(F)(F)F)cc2)CC1)N1CCCC1C1CCCCC1. The minimum Gasteiger partial charge on any atom is -0.339 e. The van der Waals surface area contributed by atoms with Gasteiger partial charge in [-0.3, -0.25) is 4.79 Å². The van der Waals surface area contributed by atoms with Crippen molar-refractivity contribution in [2.45, 2.75) is 87.7 Å². The van der Waals surface area contributed by atoms with E-state index in [2.05, 4.69) is 4.90 Å². The molecule has 1 aromatic rings. The highest BCUT2D eigenvalue weighted by Crippen LogP contribution is 2.38. The number of carbonyl (C=O) groups is 1. The zero-order valence-corrected chi connectivity index (χ0v) is 19.8. The summed E-state index contributed by atoms with van der Waals surface area (Å²) >= 11 is 0. The molecule has 3 aliphatic rings. The number of rotatable bonds is 5. The van der Waals surface area contributed by atoms with Gasteiger partial charge in [0.1, 0.15) is 0 Å². The summed E-state index contributed by atoms with van der Waals surface area (Å²) < 4.78 is 63.8. The van der Waals surface area contributed by atoms with E-state index in [1.54, 1.807) is 0 Å². The van der Waals surface area contributed by atoms with Gasteiger partial charge in [-0.2, -0.15) is 13.2 Å². The Morgan fingerprint density at radius 2 is 1.52 bits per heavy atom. The number of hydrogen-bond acceptors (Lipinski definition) is 3. The summed E-state index contributed by atoms with van der Waals surface area (Å²) in [7, 11) is -3.66. The molecule has 3 fully saturated rings. The van der Waals surface area contributed by atoms with Crippen LogP contribution in [0.25, 0.3) is 0 Å². The Bertz CT molecular complexity index is 915. The van der Waals surface area contributed by atoms with Gasteiger partial charge in [0.2, 0.25) is 5.91 Å². The number of sulfone groups is 1. The van der Waals surface area contributed by atoms with Crippen LogP contribution in [0.2, 0.25) is 0 Å². The Balaban J connectivity index is 1.31. The van der Waals surface area contributed by atoms with Gasteiger partial charge in [0, 0.05) is 18.5 Å². The minimum atomic E-state index is -4.49. The number of amides is 1. The molecule has 1 aliphatic heterocycles. The van der Waals surface area contributed by atoms with E-state index in [-0.39, 0.29) is 28.4 Å². The average molecular weight is 486 g/mol. The standard InChI is InChI=1S/C25H34F3NO3S/c26-25(27,28)21-12-14-22(15-13-21)33(31,32)17-18-8-10-20(11-9-18)24(30)29-16-4-7-23(29)19-5-2-1-3-6-19/h12-15,18-20,23H,1-11,16-17H2. The normalized spacial score (nSPS) is 27.6. The van der Waals surface area contributed by atoms with Gasteiger partial charge in [0.05, 0.1) is 16.2 Å². The summed E-state index contributed by atoms with van der Waals surface area (Å²) in [5.74, 6) is 0.726. The van der Waals surface area contributed by atoms with Crippen LogP contribution in [0.5, 0.6) is 0 Å². The maximum Gasteiger partial charge on any atom is 0.416 e. The number of likely N-dealkylation sites (tertiary alicyclic amines) is 1. The van der Waals surface area contributed by atoms with Crippen molar-refractivity contribution in [3.05, 3.63) is 29.8 Å². The van der Waals surface area contributed by atoms with Crippen molar-refractivity contribution in [3.8, 4) is 0 Å². The fourth-order valence-electron chi connectivity index (χ4n) is 6.14. The molecule has 184 valence electrons. The summed E-state index contributed by atoms with van der Waals surface area (Å²) in [6, 6.07) is 4.12. The summed E-state index contributed by atoms with van der Waals surface area (Å²) in [4.78, 5) is 15.4. The molecule has 1 unspecified atom stereocenters. The van der Waals surface area contributed by atoms with Crippen LogP contribution < -0.4 is 0 Å². The summed E-state index contributed by atoms with van der Waals surface area (Å²) in [5.41, 5.74) is -0.853. The van der Waals surface area contributed by atoms with Crippen LogP contribution in [0.4, 0.5) is 13.2 Å². The van der Waals surface area contributed by atoms with Crippen LogP contribution >= 0.6 is 0 Å². The van der Waals surface area contributed by atoms with Gasteiger partial charge in [0.25, 0.3) is 0 Å². The zero-order valence-electron chi connectivity index (χ0n) is 19.0. The topological polar surface area (TPSA) is 54.5 Å². The third-order valence-electron chi connectivity index (χ3n) is 7.97. The first-order valence-corrected chi connectivity index (χ1v) is 14.0. The van der Waals surface area contributed by atoms with Crippen molar-refractivity contribution in [2.75, 3.05) is 12.3 Å². The quantitative estimate of drug-likeness (QED) is 0.525. The molecule has 1 heterocycles. The lowest BCUT2D eigenvalue weighted by molar-refractivity contribution is -0.139. The highest BCUT2D eigenvalue weighted by molar-refractivity contribution is 7.91. The van der Waals surface area contributed by atoms with Crippen molar-refractivity contribution in [1.82, 2.24) is 4.90 Å². The Morgan fingerprint density at radius 3 is 2.12 bits per heavy atom. The monoisotopic (exact) mass is 485 g/mol. The fourth-order valence-corrected chi connectivity index (χ4v) is 7.84. The van der Waals surface area contributed by atoms with Gasteiger partial charge in [-0.1, -0.05) is 19.3 Å². The van der Waals surface area contributed by atoms with Crippen molar-refractivity contribution >= 4 is 15.7 Å². The molecule has 0 spiro atoms. The number of nitrogens with zero attached hydrogens (tertiary/aromatic N) is 1. The number of benzene rings is 1. The predicted molar refractivity (Wildman–Crippen MR) is 120 cm³/mol. The first-order valence-electron chi connectivity index (χ1n) is 12.4. The first kappa shape index (κ1) is 24.6. The molecule has 0 bridgehead atoms. The molecule has 0 aromatic heterocycles. The summed E-state index contributed by atoms with van der Waals surface area (Å²) in [6.45, 7) is 0.849. The third-order valence-corrected chi connectivity index (χ3v) is 9.87. The van der Waals surface area contributed by atoms with E-state index >= 15 is 0 Å². The number of halogens is 3. The number of carbonyl (C=O) groups excluding carboxylic acids is 1. The van der Waals surface area contributed by atoms with E-state index in [0.717, 1.165) is 43.7 Å². The molecule has 8 heteroatoms. The fraction of sp³-hybridized carbons (Fsp3) is 0.720. The second-order valence-corrected chi connectivity index (χ2v) is 12.2. The smallest absolute Gasteiger partial charge is 0.339 e. The molecule has 2 aliphatic carbocycles. The van der Waals surface area contributed by atoms with E-state index in [1.165, 1.54) is 32.1 Å². The molecular formula is C25H34F3NO3S. The van der Waals surface area contributed by atoms with Gasteiger partial charge in [-0.05, 0) is 87.5 Å². The van der Waals surface area contributed by atoms with Gasteiger partial charge < -0.3 is 4.90 Å². The van der Waals surface area contributed by atoms with Crippen LogP contribution in [0.1, 0.15) is 76.2 Å². The van der Waals surface area contributed by atoms with E-state index < -0.39 is 21.6 Å². The van der Waals surface area contributed by atoms with Gasteiger partial charge >= 0.3 is 6.18 Å². The average Bonchev–Trinajstić information content (AvgIpc) is 3.29. The van der Waals surface area contributed by atoms with Crippen LogP contribution in [-0.2, 0) is 20.8 Å². The van der Waals surface area contributed by atoms with Crippen molar-refractivity contribution in [1.29, 1.82) is 0 Å². The van der Waals surface area contributed by atoms with E-state index in [9.17, 15) is 26.4 Å². The summed E-state index contributed by atoms with van der Waals surface area (Å²) in [6.07, 6.45) is 6.70. The molecule has 0 N–H and O–H groups in total. The van der Waals surface area contributed by atoms with Crippen LogP contribution in [0.15, 0.2) is 29.2 Å². The Morgan fingerprint density at radius 1 is 0.879 bits per heavy atom. The van der Waals surface area contributed by atoms with Crippen LogP contribution in [-0.4, -0.2) is 37.6 Å². The number of hydrogen-bond donors (Lipinski definition) is 0. The molecule has 4 nitrogen and oxygen atoms in total. The van der Waals surface area contributed by atoms with Crippen LogP contribution in [0, 0.1) is 17.8 Å². The Hall–Kier alpha value is -1.57. The lowest BCUT2D eigenvalue weighted by Crippen LogP contribution is -2.44. The Labute approximate surface area is 194 Å². The van der Waals surface area contributed by atoms with E-state index in [0.29, 0.717) is 37.6 Å². The highest BCUT2D eigenvalue weighted by atomic mass is 32.2. The van der Waals surface area contributed by atoms with Crippen molar-refractivity contribution in [2.24, 2.45) is 17.8 Å². The molecule has 2 saturated carbocycles. The maximum absolute atomic E-state index is 13.3. The molecule has 33 heavy (non-hydrogen) atoms. The second-order valence-electron chi connectivity index (χ2n) is 10.2. The first-order chi connectivity index (χ1) is 15.6. The highest BCUT2D eigenvalue weighted by Gasteiger charge is 2.39. The molecule has 1 amide bonds. The predicted octanol–water partition coefficient (Wildman–Crippen LogP) is 5.86. The third kappa shape index (κ3) is 5.75. The second kappa shape index (κ2) is 9.96. The van der Waals surface area contributed by atoms with E-state index in [4.69, 9.17) is 0 Å². The lowest BCUT2D eigenvalue weighted by atomic mass is 9.80. The van der Waals surface area contributed by atoms with E-state index in [1.807, 2.05) is 0 Å². The zero-order chi connectivity index (χ0) is 23.6. The molecular weight excluding hydrogens is 451 g/mol.